The fraction of sp³-hybridized carbons (Fsp3) is 0.417. The Labute approximate surface area is 102 Å². The van der Waals surface area contributed by atoms with Crippen LogP contribution in [-0.4, -0.2) is 13.7 Å². The van der Waals surface area contributed by atoms with Gasteiger partial charge in [0.25, 0.3) is 0 Å². The third-order valence-corrected chi connectivity index (χ3v) is 4.36. The molecule has 0 aliphatic heterocycles. The molecule has 1 unspecified atom stereocenters. The summed E-state index contributed by atoms with van der Waals surface area (Å²) < 4.78 is 26.1. The average molecular weight is 252 g/mol. The highest BCUT2D eigenvalue weighted by Gasteiger charge is 2.23. The lowest BCUT2D eigenvalue weighted by molar-refractivity contribution is 0.593. The largest absolute Gasteiger partial charge is 0.282 e. The van der Waals surface area contributed by atoms with Crippen LogP contribution in [0.25, 0.3) is 0 Å². The fourth-order valence-corrected chi connectivity index (χ4v) is 2.60. The zero-order chi connectivity index (χ0) is 13.1. The van der Waals surface area contributed by atoms with E-state index in [2.05, 4.69) is 4.72 Å². The van der Waals surface area contributed by atoms with E-state index in [1.165, 1.54) is 0 Å². The van der Waals surface area contributed by atoms with Crippen LogP contribution >= 0.6 is 0 Å². The van der Waals surface area contributed by atoms with Crippen molar-refractivity contribution in [2.75, 3.05) is 4.72 Å². The van der Waals surface area contributed by atoms with Crippen molar-refractivity contribution in [2.24, 2.45) is 0 Å². The molecule has 4 nitrogen and oxygen atoms in total. The van der Waals surface area contributed by atoms with Crippen LogP contribution < -0.4 is 4.72 Å². The number of aryl methyl sites for hydroxylation is 2. The van der Waals surface area contributed by atoms with Crippen molar-refractivity contribution in [1.82, 2.24) is 0 Å². The first-order valence-corrected chi connectivity index (χ1v) is 6.94. The van der Waals surface area contributed by atoms with Gasteiger partial charge in [-0.25, -0.2) is 8.42 Å². The number of nitriles is 1. The van der Waals surface area contributed by atoms with E-state index in [-0.39, 0.29) is 6.42 Å². The zero-order valence-corrected chi connectivity index (χ0v) is 11.0. The van der Waals surface area contributed by atoms with Gasteiger partial charge in [-0.3, -0.25) is 4.72 Å². The highest BCUT2D eigenvalue weighted by molar-refractivity contribution is 7.93. The van der Waals surface area contributed by atoms with Gasteiger partial charge in [-0.15, -0.1) is 0 Å². The van der Waals surface area contributed by atoms with Crippen molar-refractivity contribution < 1.29 is 8.42 Å². The summed E-state index contributed by atoms with van der Waals surface area (Å²) in [6.45, 7) is 5.54. The van der Waals surface area contributed by atoms with Crippen LogP contribution in [0.3, 0.4) is 0 Å². The number of hydrogen-bond acceptors (Lipinski definition) is 3. The van der Waals surface area contributed by atoms with Crippen LogP contribution in [0.5, 0.6) is 0 Å². The Kier molecular flexibility index (Phi) is 4.13. The maximum atomic E-state index is 11.8. The van der Waals surface area contributed by atoms with E-state index in [9.17, 15) is 8.42 Å². The van der Waals surface area contributed by atoms with Gasteiger partial charge in [-0.2, -0.15) is 5.26 Å². The molecule has 0 aromatic heterocycles. The molecule has 0 fully saturated rings. The third-order valence-electron chi connectivity index (χ3n) is 2.66. The second-order valence-corrected chi connectivity index (χ2v) is 5.84. The zero-order valence-electron chi connectivity index (χ0n) is 10.2. The fourth-order valence-electron chi connectivity index (χ4n) is 1.42. The van der Waals surface area contributed by atoms with Crippen molar-refractivity contribution in [3.63, 3.8) is 0 Å². The number of hydrogen-bond donors (Lipinski definition) is 1. The lowest BCUT2D eigenvalue weighted by atomic mass is 10.1. The molecule has 0 amide bonds. The molecule has 17 heavy (non-hydrogen) atoms. The van der Waals surface area contributed by atoms with E-state index in [0.29, 0.717) is 5.69 Å². The number of sulfonamides is 1. The molecule has 5 heteroatoms. The quantitative estimate of drug-likeness (QED) is 0.894. The molecule has 1 atom stereocenters. The summed E-state index contributed by atoms with van der Waals surface area (Å²) in [5.41, 5.74) is 2.61. The number of benzene rings is 1. The van der Waals surface area contributed by atoms with Gasteiger partial charge in [0.05, 0.1) is 6.07 Å². The Morgan fingerprint density at radius 3 is 2.47 bits per heavy atom. The molecule has 0 spiro atoms. The van der Waals surface area contributed by atoms with Gasteiger partial charge in [0.1, 0.15) is 0 Å². The Morgan fingerprint density at radius 2 is 2.00 bits per heavy atom. The smallest absolute Gasteiger partial charge is 0.249 e. The van der Waals surface area contributed by atoms with Crippen LogP contribution in [0.2, 0.25) is 0 Å². The van der Waals surface area contributed by atoms with Crippen LogP contribution in [-0.2, 0) is 10.0 Å². The molecule has 0 bridgehead atoms. The molecule has 92 valence electrons. The lowest BCUT2D eigenvalue weighted by Crippen LogP contribution is -2.25. The molecule has 0 heterocycles. The van der Waals surface area contributed by atoms with Crippen molar-refractivity contribution in [1.29, 1.82) is 5.26 Å². The maximum absolute atomic E-state index is 11.8. The number of anilines is 1. The van der Waals surface area contributed by atoms with Gasteiger partial charge in [0.2, 0.25) is 10.0 Å². The Hall–Kier alpha value is -1.54. The third kappa shape index (κ3) is 3.21. The molecule has 0 saturated carbocycles. The highest BCUT2D eigenvalue weighted by atomic mass is 32.2. The summed E-state index contributed by atoms with van der Waals surface area (Å²) >= 11 is 0. The first-order chi connectivity index (χ1) is 7.90. The van der Waals surface area contributed by atoms with Gasteiger partial charge in [-0.05, 0) is 43.5 Å². The van der Waals surface area contributed by atoms with Crippen molar-refractivity contribution in [3.05, 3.63) is 29.3 Å². The minimum Gasteiger partial charge on any atom is -0.282 e. The first-order valence-electron chi connectivity index (χ1n) is 5.39. The second kappa shape index (κ2) is 5.19. The predicted octanol–water partition coefficient (Wildman–Crippen LogP) is 2.35. The normalized spacial score (nSPS) is 12.8. The van der Waals surface area contributed by atoms with Crippen LogP contribution in [0, 0.1) is 25.2 Å². The molecule has 0 radical (unpaired) electrons. The molecular formula is C12H16N2O2S. The van der Waals surface area contributed by atoms with E-state index in [4.69, 9.17) is 5.26 Å². The molecule has 1 rings (SSSR count). The highest BCUT2D eigenvalue weighted by Crippen LogP contribution is 2.17. The predicted molar refractivity (Wildman–Crippen MR) is 68.2 cm³/mol. The molecule has 0 aliphatic rings. The van der Waals surface area contributed by atoms with E-state index >= 15 is 0 Å². The lowest BCUT2D eigenvalue weighted by Gasteiger charge is -2.12. The van der Waals surface area contributed by atoms with Crippen LogP contribution in [0.15, 0.2) is 18.2 Å². The number of nitrogens with zero attached hydrogens (tertiary/aromatic N) is 1. The van der Waals surface area contributed by atoms with Crippen molar-refractivity contribution >= 4 is 15.7 Å². The minimum atomic E-state index is -3.62. The van der Waals surface area contributed by atoms with E-state index in [0.717, 1.165) is 11.1 Å². The van der Waals surface area contributed by atoms with Gasteiger partial charge in [-0.1, -0.05) is 13.0 Å². The number of rotatable bonds is 4. The van der Waals surface area contributed by atoms with Gasteiger partial charge in [0, 0.05) is 5.69 Å². The van der Waals surface area contributed by atoms with Gasteiger partial charge in [0.15, 0.2) is 5.25 Å². The molecular weight excluding hydrogens is 236 g/mol. The summed E-state index contributed by atoms with van der Waals surface area (Å²) in [4.78, 5) is 0. The molecule has 1 aromatic rings. The van der Waals surface area contributed by atoms with Gasteiger partial charge < -0.3 is 0 Å². The maximum Gasteiger partial charge on any atom is 0.249 e. The average Bonchev–Trinajstić information content (AvgIpc) is 2.24. The van der Waals surface area contributed by atoms with E-state index < -0.39 is 15.3 Å². The summed E-state index contributed by atoms with van der Waals surface area (Å²) in [5.74, 6) is 0. The molecule has 1 aromatic carbocycles. The van der Waals surface area contributed by atoms with E-state index in [1.54, 1.807) is 25.1 Å². The Morgan fingerprint density at radius 1 is 1.35 bits per heavy atom. The Bertz CT molecular complexity index is 544. The number of nitrogens with one attached hydrogen (secondary N) is 1. The summed E-state index contributed by atoms with van der Waals surface area (Å²) in [6.07, 6.45) is 0.274. The standard InChI is InChI=1S/C12H16N2O2S/c1-4-12(8-13)17(15,16)14-11-6-5-9(2)10(3)7-11/h5-7,12,14H,4H2,1-3H3. The van der Waals surface area contributed by atoms with Crippen molar-refractivity contribution in [3.8, 4) is 6.07 Å². The topological polar surface area (TPSA) is 70.0 Å². The van der Waals surface area contributed by atoms with Crippen LogP contribution in [0.4, 0.5) is 5.69 Å². The Balaban J connectivity index is 2.99. The van der Waals surface area contributed by atoms with E-state index in [1.807, 2.05) is 19.9 Å². The first kappa shape index (κ1) is 13.5. The molecule has 1 N–H and O–H groups in total. The van der Waals surface area contributed by atoms with Crippen molar-refractivity contribution in [2.45, 2.75) is 32.4 Å². The molecule has 0 saturated heterocycles. The summed E-state index contributed by atoms with van der Waals surface area (Å²) in [5, 5.41) is 7.76. The SMILES string of the molecule is CCC(C#N)S(=O)(=O)Nc1ccc(C)c(C)c1. The van der Waals surface area contributed by atoms with Crippen LogP contribution in [0.1, 0.15) is 24.5 Å². The summed E-state index contributed by atoms with van der Waals surface area (Å²) in [7, 11) is -3.62. The second-order valence-electron chi connectivity index (χ2n) is 3.97. The minimum absolute atomic E-state index is 0.274. The molecule has 0 aliphatic carbocycles. The monoisotopic (exact) mass is 252 g/mol. The summed E-state index contributed by atoms with van der Waals surface area (Å²) in [6, 6.07) is 7.09. The van der Waals surface area contributed by atoms with Gasteiger partial charge >= 0.3 is 0 Å².